The Bertz CT molecular complexity index is 2830. The summed E-state index contributed by atoms with van der Waals surface area (Å²) >= 11 is 0. The number of pyridine rings is 1. The predicted molar refractivity (Wildman–Crippen MR) is 231 cm³/mol. The number of hydrogen-bond acceptors (Lipinski definition) is 3. The van der Waals surface area contributed by atoms with Gasteiger partial charge in [0.1, 0.15) is 17.3 Å². The molecule has 0 aliphatic rings. The lowest BCUT2D eigenvalue weighted by Crippen LogP contribution is -2.12. The summed E-state index contributed by atoms with van der Waals surface area (Å²) in [7, 11) is 0. The number of aromatic nitrogens is 4. The van der Waals surface area contributed by atoms with Crippen LogP contribution in [0.5, 0.6) is 11.5 Å². The first-order valence-corrected chi connectivity index (χ1v) is 19.2. The lowest BCUT2D eigenvalue weighted by Gasteiger charge is -2.23. The van der Waals surface area contributed by atoms with Crippen LogP contribution in [0.15, 0.2) is 158 Å². The van der Waals surface area contributed by atoms with E-state index < -0.39 is 0 Å². The van der Waals surface area contributed by atoms with Crippen molar-refractivity contribution in [3.8, 4) is 56.4 Å². The van der Waals surface area contributed by atoms with Gasteiger partial charge >= 0.3 is 0 Å². The van der Waals surface area contributed by atoms with E-state index in [2.05, 4.69) is 174 Å². The van der Waals surface area contributed by atoms with Crippen LogP contribution in [-0.2, 0) is 5.41 Å². The predicted octanol–water partition coefficient (Wildman–Crippen LogP) is 13.4. The molecule has 0 unspecified atom stereocenters. The Morgan fingerprint density at radius 2 is 1.18 bits per heavy atom. The molecule has 3 heterocycles. The first-order chi connectivity index (χ1) is 27.2. The highest BCUT2D eigenvalue weighted by molar-refractivity contribution is 6.09. The molecule has 0 spiro atoms. The lowest BCUT2D eigenvalue weighted by molar-refractivity contribution is 0.483. The van der Waals surface area contributed by atoms with Crippen molar-refractivity contribution in [3.63, 3.8) is 0 Å². The molecule has 0 aliphatic heterocycles. The minimum Gasteiger partial charge on any atom is -0.457 e. The standard InChI is InChI=1S/C51H44N4O/c1-33-34(2)48(36-16-9-7-10-17-36)50(49(35(33)3)37-18-11-8-12-19-37)38-31-53-54(32-38)40-20-15-21-41(29-40)56-42-24-25-44-43-22-13-14-23-45(43)55(46(44)30-42)47-28-39(26-27-52-47)51(4,5)6/h7-32H,1-6H3. The number of nitrogens with zero attached hydrogens (tertiary/aromatic N) is 4. The summed E-state index contributed by atoms with van der Waals surface area (Å²) in [5, 5.41) is 7.28. The molecule has 0 saturated heterocycles. The van der Waals surface area contributed by atoms with Crippen molar-refractivity contribution in [2.75, 3.05) is 0 Å². The maximum absolute atomic E-state index is 6.63. The Morgan fingerprint density at radius 1 is 0.536 bits per heavy atom. The molecule has 0 aliphatic carbocycles. The van der Waals surface area contributed by atoms with Gasteiger partial charge in [0.05, 0.1) is 22.9 Å². The normalized spacial score (nSPS) is 11.8. The largest absolute Gasteiger partial charge is 0.457 e. The zero-order valence-electron chi connectivity index (χ0n) is 32.7. The highest BCUT2D eigenvalue weighted by Crippen LogP contribution is 2.46. The van der Waals surface area contributed by atoms with E-state index in [0.29, 0.717) is 0 Å². The van der Waals surface area contributed by atoms with Gasteiger partial charge in [-0.2, -0.15) is 5.10 Å². The van der Waals surface area contributed by atoms with Crippen LogP contribution in [0, 0.1) is 20.8 Å². The second-order valence-corrected chi connectivity index (χ2v) is 15.7. The van der Waals surface area contributed by atoms with Gasteiger partial charge in [-0.25, -0.2) is 9.67 Å². The van der Waals surface area contributed by atoms with Crippen molar-refractivity contribution in [1.82, 2.24) is 19.3 Å². The molecule has 0 bridgehead atoms. The van der Waals surface area contributed by atoms with E-state index in [1.807, 2.05) is 35.3 Å². The Morgan fingerprint density at radius 3 is 1.88 bits per heavy atom. The van der Waals surface area contributed by atoms with E-state index in [1.54, 1.807) is 0 Å². The maximum atomic E-state index is 6.63. The molecule has 6 aromatic carbocycles. The number of ether oxygens (including phenoxy) is 1. The molecule has 9 aromatic rings. The quantitative estimate of drug-likeness (QED) is 0.164. The van der Waals surface area contributed by atoms with Gasteiger partial charge < -0.3 is 4.74 Å². The van der Waals surface area contributed by atoms with Gasteiger partial charge in [0.25, 0.3) is 0 Å². The van der Waals surface area contributed by atoms with Gasteiger partial charge in [0.15, 0.2) is 0 Å². The summed E-state index contributed by atoms with van der Waals surface area (Å²) < 4.78 is 10.8. The zero-order valence-corrected chi connectivity index (χ0v) is 32.7. The van der Waals surface area contributed by atoms with Crippen molar-refractivity contribution < 1.29 is 4.74 Å². The van der Waals surface area contributed by atoms with Gasteiger partial charge in [-0.3, -0.25) is 4.57 Å². The monoisotopic (exact) mass is 728 g/mol. The van der Waals surface area contributed by atoms with Gasteiger partial charge in [-0.15, -0.1) is 0 Å². The summed E-state index contributed by atoms with van der Waals surface area (Å²) in [6.07, 6.45) is 6.05. The first-order valence-electron chi connectivity index (χ1n) is 19.2. The minimum atomic E-state index is -0.00251. The molecular weight excluding hydrogens is 685 g/mol. The third kappa shape index (κ3) is 6.15. The van der Waals surface area contributed by atoms with E-state index in [-0.39, 0.29) is 5.41 Å². The SMILES string of the molecule is Cc1c(C)c(-c2ccccc2)c(-c2cnn(-c3cccc(Oc4ccc5c6ccccc6n(-c6cc(C(C)(C)C)ccn6)c5c4)c3)c2)c(-c2ccccc2)c1C. The average molecular weight is 729 g/mol. The van der Waals surface area contributed by atoms with Crippen LogP contribution in [-0.4, -0.2) is 19.3 Å². The molecule has 0 N–H and O–H groups in total. The summed E-state index contributed by atoms with van der Waals surface area (Å²) in [5.74, 6) is 2.37. The van der Waals surface area contributed by atoms with Crippen molar-refractivity contribution in [3.05, 3.63) is 180 Å². The summed E-state index contributed by atoms with van der Waals surface area (Å²) in [6, 6.07) is 48.7. The van der Waals surface area contributed by atoms with E-state index in [4.69, 9.17) is 14.8 Å². The molecule has 56 heavy (non-hydrogen) atoms. The van der Waals surface area contributed by atoms with Crippen molar-refractivity contribution in [2.24, 2.45) is 0 Å². The minimum absolute atomic E-state index is 0.00251. The summed E-state index contributed by atoms with van der Waals surface area (Å²) in [4.78, 5) is 4.85. The fourth-order valence-corrected chi connectivity index (χ4v) is 8.06. The molecule has 0 fully saturated rings. The number of para-hydroxylation sites is 1. The Labute approximate surface area is 328 Å². The molecule has 9 rings (SSSR count). The Balaban J connectivity index is 1.11. The second kappa shape index (κ2) is 13.8. The highest BCUT2D eigenvalue weighted by atomic mass is 16.5. The molecule has 5 nitrogen and oxygen atoms in total. The lowest BCUT2D eigenvalue weighted by atomic mass is 9.81. The topological polar surface area (TPSA) is 44.9 Å². The second-order valence-electron chi connectivity index (χ2n) is 15.7. The van der Waals surface area contributed by atoms with Crippen molar-refractivity contribution in [2.45, 2.75) is 47.0 Å². The van der Waals surface area contributed by atoms with E-state index in [0.717, 1.165) is 45.0 Å². The smallest absolute Gasteiger partial charge is 0.137 e. The third-order valence-electron chi connectivity index (χ3n) is 11.2. The number of fused-ring (bicyclic) bond motifs is 3. The van der Waals surface area contributed by atoms with Crippen LogP contribution in [0.25, 0.3) is 66.7 Å². The third-order valence-corrected chi connectivity index (χ3v) is 11.2. The van der Waals surface area contributed by atoms with Crippen LogP contribution in [0.4, 0.5) is 0 Å². The fourth-order valence-electron chi connectivity index (χ4n) is 8.06. The molecule has 274 valence electrons. The van der Waals surface area contributed by atoms with Crippen LogP contribution >= 0.6 is 0 Å². The Hall–Kier alpha value is -6.72. The van der Waals surface area contributed by atoms with Crippen molar-refractivity contribution >= 4 is 21.8 Å². The number of hydrogen-bond donors (Lipinski definition) is 0. The maximum Gasteiger partial charge on any atom is 0.137 e. The molecule has 3 aromatic heterocycles. The fraction of sp³-hybridized carbons (Fsp3) is 0.137. The summed E-state index contributed by atoms with van der Waals surface area (Å²) in [6.45, 7) is 13.4. The first kappa shape index (κ1) is 35.0. The molecule has 0 amide bonds. The highest BCUT2D eigenvalue weighted by Gasteiger charge is 2.23. The van der Waals surface area contributed by atoms with Gasteiger partial charge in [0, 0.05) is 46.4 Å². The van der Waals surface area contributed by atoms with Crippen LogP contribution in [0.2, 0.25) is 0 Å². The average Bonchev–Trinajstić information content (AvgIpc) is 3.84. The molecular formula is C51H44N4O. The van der Waals surface area contributed by atoms with Crippen molar-refractivity contribution in [1.29, 1.82) is 0 Å². The molecule has 0 atom stereocenters. The van der Waals surface area contributed by atoms with E-state index in [9.17, 15) is 0 Å². The zero-order chi connectivity index (χ0) is 38.6. The van der Waals surface area contributed by atoms with Crippen LogP contribution < -0.4 is 4.74 Å². The van der Waals surface area contributed by atoms with E-state index >= 15 is 0 Å². The molecule has 5 heteroatoms. The van der Waals surface area contributed by atoms with Crippen LogP contribution in [0.1, 0.15) is 43.0 Å². The molecule has 0 radical (unpaired) electrons. The summed E-state index contributed by atoms with van der Waals surface area (Å²) in [5.41, 5.74) is 15.3. The Kier molecular flexibility index (Phi) is 8.66. The van der Waals surface area contributed by atoms with Gasteiger partial charge in [0.2, 0.25) is 0 Å². The van der Waals surface area contributed by atoms with E-state index in [1.165, 1.54) is 55.5 Å². The molecule has 0 saturated carbocycles. The van der Waals surface area contributed by atoms with Crippen LogP contribution in [0.3, 0.4) is 0 Å². The number of rotatable bonds is 7. The van der Waals surface area contributed by atoms with Gasteiger partial charge in [-0.05, 0) is 113 Å². The van der Waals surface area contributed by atoms with Gasteiger partial charge in [-0.1, -0.05) is 106 Å². The number of benzene rings is 6.